The van der Waals surface area contributed by atoms with E-state index in [1.807, 2.05) is 0 Å². The molecule has 5 N–H and O–H groups in total. The number of aromatic nitrogens is 2. The van der Waals surface area contributed by atoms with Gasteiger partial charge >= 0.3 is 41.2 Å². The van der Waals surface area contributed by atoms with Crippen LogP contribution in [0.2, 0.25) is 0 Å². The van der Waals surface area contributed by atoms with Crippen molar-refractivity contribution in [2.24, 2.45) is 0 Å². The summed E-state index contributed by atoms with van der Waals surface area (Å²) in [6.45, 7) is -2.05. The Morgan fingerprint density at radius 3 is 2.24 bits per heavy atom. The number of carbonyl (C=O) groups excluding carboxylic acids is 1. The van der Waals surface area contributed by atoms with Crippen molar-refractivity contribution in [1.82, 2.24) is 14.5 Å². The molecule has 24 heteroatoms. The highest BCUT2D eigenvalue weighted by Crippen LogP contribution is 2.80. The summed E-state index contributed by atoms with van der Waals surface area (Å²) >= 11 is 0. The van der Waals surface area contributed by atoms with Crippen molar-refractivity contribution in [3.63, 3.8) is 0 Å². The number of amides is 1. The van der Waals surface area contributed by atoms with E-state index < -0.39 is 90.1 Å². The van der Waals surface area contributed by atoms with E-state index in [0.717, 1.165) is 7.05 Å². The van der Waals surface area contributed by atoms with Crippen molar-refractivity contribution >= 4 is 29.4 Å². The van der Waals surface area contributed by atoms with Gasteiger partial charge in [-0.3, -0.25) is 23.7 Å². The molecule has 2 saturated heterocycles. The third-order valence-corrected chi connectivity index (χ3v) is 10.0. The lowest BCUT2D eigenvalue weighted by Crippen LogP contribution is -2.42. The molecule has 2 aliphatic heterocycles. The van der Waals surface area contributed by atoms with Gasteiger partial charge in [0, 0.05) is 13.2 Å². The molecule has 1 aromatic rings. The quantitative estimate of drug-likeness (QED) is 0.246. The summed E-state index contributed by atoms with van der Waals surface area (Å²) in [6, 6.07) is 0. The number of aliphatic hydroxyl groups is 2. The van der Waals surface area contributed by atoms with Crippen LogP contribution in [-0.2, 0) is 47.2 Å². The first-order valence-corrected chi connectivity index (χ1v) is 13.9. The summed E-state index contributed by atoms with van der Waals surface area (Å²) in [6.07, 6.45) is -12.1. The van der Waals surface area contributed by atoms with E-state index in [1.54, 1.807) is 4.98 Å². The van der Waals surface area contributed by atoms with E-state index in [-0.39, 0.29) is 4.90 Å². The molecule has 1 aromatic heterocycles. The van der Waals surface area contributed by atoms with Gasteiger partial charge in [-0.05, 0) is 0 Å². The molecule has 37 heavy (non-hydrogen) atoms. The van der Waals surface area contributed by atoms with Gasteiger partial charge in [0.25, 0.3) is 5.56 Å². The standard InChI is InChI=1S/C13H17F3N3O15P3/c1-18(11(23)13(14,15)16)2-5-3-19(12(24)17-9(5)22)10-8(21)7(20)6(31-10)4-30-37(29)33-35(25,26)32-36(27,28)34-37/h3,6-8,10,20-21H,2,4H2,1H3,(H,25,26)(H,27,28)(H,17,22,24). The van der Waals surface area contributed by atoms with Gasteiger partial charge in [0.2, 0.25) is 0 Å². The average molecular weight is 605 g/mol. The van der Waals surface area contributed by atoms with Crippen LogP contribution >= 0.6 is 23.5 Å². The second-order valence-electron chi connectivity index (χ2n) is 7.45. The summed E-state index contributed by atoms with van der Waals surface area (Å²) in [5.41, 5.74) is -3.00. The Labute approximate surface area is 201 Å². The normalized spacial score (nSPS) is 36.4. The minimum absolute atomic E-state index is 0.127. The van der Waals surface area contributed by atoms with Crippen LogP contribution in [0.3, 0.4) is 0 Å². The molecule has 6 atom stereocenters. The molecule has 18 nitrogen and oxygen atoms in total. The third-order valence-electron chi connectivity index (χ3n) is 4.66. The lowest BCUT2D eigenvalue weighted by Gasteiger charge is -2.27. The molecule has 0 radical (unpaired) electrons. The van der Waals surface area contributed by atoms with E-state index in [4.69, 9.17) is 4.74 Å². The number of ether oxygens (including phenoxy) is 1. The number of H-pyrrole nitrogens is 1. The number of halogens is 3. The van der Waals surface area contributed by atoms with Crippen LogP contribution in [0.4, 0.5) is 13.2 Å². The van der Waals surface area contributed by atoms with Gasteiger partial charge in [0.15, 0.2) is 6.23 Å². The molecular weight excluding hydrogens is 588 g/mol. The molecule has 6 unspecified atom stereocenters. The maximum Gasteiger partial charge on any atom is 0.492 e. The number of phosphoric acid groups is 3. The summed E-state index contributed by atoms with van der Waals surface area (Å²) in [4.78, 5) is 55.9. The van der Waals surface area contributed by atoms with Crippen LogP contribution in [0.1, 0.15) is 11.8 Å². The van der Waals surface area contributed by atoms with Gasteiger partial charge in [-0.15, -0.1) is 0 Å². The monoisotopic (exact) mass is 605 g/mol. The van der Waals surface area contributed by atoms with Crippen molar-refractivity contribution in [2.75, 3.05) is 13.7 Å². The summed E-state index contributed by atoms with van der Waals surface area (Å²) in [7, 11) is -15.3. The van der Waals surface area contributed by atoms with Gasteiger partial charge in [0.1, 0.15) is 18.3 Å². The van der Waals surface area contributed by atoms with Crippen LogP contribution in [0.15, 0.2) is 15.8 Å². The first kappa shape index (κ1) is 29.8. The largest absolute Gasteiger partial charge is 0.492 e. The topological polar surface area (TPSA) is 253 Å². The number of aliphatic hydroxyl groups excluding tert-OH is 2. The highest BCUT2D eigenvalue weighted by atomic mass is 31.3. The number of hydrogen-bond acceptors (Lipinski definition) is 13. The van der Waals surface area contributed by atoms with Gasteiger partial charge in [-0.1, -0.05) is 0 Å². The fourth-order valence-electron chi connectivity index (χ4n) is 3.11. The number of rotatable bonds is 6. The number of nitrogens with one attached hydrogen (secondary N) is 1. The average Bonchev–Trinajstić information content (AvgIpc) is 2.98. The summed E-state index contributed by atoms with van der Waals surface area (Å²) in [5, 5.41) is 20.5. The Hall–Kier alpha value is -1.73. The van der Waals surface area contributed by atoms with Crippen molar-refractivity contribution in [3.8, 4) is 0 Å². The molecule has 3 heterocycles. The highest BCUT2D eigenvalue weighted by Gasteiger charge is 2.55. The first-order chi connectivity index (χ1) is 16.7. The smallest absolute Gasteiger partial charge is 0.387 e. The molecule has 2 fully saturated rings. The molecule has 1 amide bonds. The first-order valence-electron chi connectivity index (χ1n) is 9.46. The second kappa shape index (κ2) is 10.1. The highest BCUT2D eigenvalue weighted by molar-refractivity contribution is 7.74. The molecule has 210 valence electrons. The second-order valence-corrected chi connectivity index (χ2v) is 12.4. The van der Waals surface area contributed by atoms with Crippen LogP contribution in [0, 0.1) is 0 Å². The van der Waals surface area contributed by atoms with Crippen molar-refractivity contribution in [1.29, 1.82) is 0 Å². The molecule has 0 aromatic carbocycles. The lowest BCUT2D eigenvalue weighted by atomic mass is 10.1. The van der Waals surface area contributed by atoms with E-state index in [0.29, 0.717) is 10.8 Å². The maximum absolute atomic E-state index is 12.6. The van der Waals surface area contributed by atoms with Crippen molar-refractivity contribution in [3.05, 3.63) is 32.6 Å². The number of nitrogens with zero attached hydrogens (tertiary/aromatic N) is 2. The van der Waals surface area contributed by atoms with Crippen molar-refractivity contribution < 1.29 is 73.9 Å². The van der Waals surface area contributed by atoms with Crippen LogP contribution in [0.5, 0.6) is 0 Å². The Kier molecular flexibility index (Phi) is 8.14. The maximum atomic E-state index is 12.6. The number of aromatic amines is 1. The minimum Gasteiger partial charge on any atom is -0.387 e. The Balaban J connectivity index is 1.79. The van der Waals surface area contributed by atoms with Gasteiger partial charge < -0.3 is 29.6 Å². The van der Waals surface area contributed by atoms with Crippen LogP contribution in [0.25, 0.3) is 0 Å². The zero-order valence-electron chi connectivity index (χ0n) is 18.0. The molecule has 0 saturated carbocycles. The molecule has 3 rings (SSSR count). The van der Waals surface area contributed by atoms with Gasteiger partial charge in [-0.25, -0.2) is 18.5 Å². The van der Waals surface area contributed by atoms with Gasteiger partial charge in [0.05, 0.1) is 18.7 Å². The zero-order chi connectivity index (χ0) is 28.1. The predicted molar refractivity (Wildman–Crippen MR) is 106 cm³/mol. The van der Waals surface area contributed by atoms with E-state index in [1.165, 1.54) is 0 Å². The zero-order valence-corrected chi connectivity index (χ0v) is 20.6. The minimum atomic E-state index is -5.38. The summed E-state index contributed by atoms with van der Waals surface area (Å²) in [5.74, 6) is -2.30. The lowest BCUT2D eigenvalue weighted by molar-refractivity contribution is -0.184. The van der Waals surface area contributed by atoms with E-state index in [9.17, 15) is 61.2 Å². The third kappa shape index (κ3) is 6.83. The molecular formula is C13H17F3N3O15P3. The van der Waals surface area contributed by atoms with Gasteiger partial charge in [-0.2, -0.15) is 26.1 Å². The number of alkyl halides is 3. The van der Waals surface area contributed by atoms with Crippen LogP contribution in [-0.4, -0.2) is 78.5 Å². The fourth-order valence-corrected chi connectivity index (χ4v) is 8.04. The van der Waals surface area contributed by atoms with Crippen LogP contribution < -0.4 is 11.2 Å². The Bertz CT molecular complexity index is 1300. The summed E-state index contributed by atoms with van der Waals surface area (Å²) < 4.78 is 95.1. The number of carbonyl (C=O) groups is 1. The molecule has 0 bridgehead atoms. The Morgan fingerprint density at radius 2 is 1.70 bits per heavy atom. The van der Waals surface area contributed by atoms with Crippen molar-refractivity contribution in [2.45, 2.75) is 37.3 Å². The van der Waals surface area contributed by atoms with E-state index in [2.05, 4.69) is 17.5 Å². The molecule has 0 aliphatic carbocycles. The fraction of sp³-hybridized carbons (Fsp3) is 0.615. The molecule has 2 aliphatic rings. The Morgan fingerprint density at radius 1 is 1.14 bits per heavy atom. The number of hydrogen-bond donors (Lipinski definition) is 5. The SMILES string of the molecule is CN(Cc1cn(C2OC(COP3(=O)OP(=O)(O)OP(=O)(O)O3)C(O)C2O)c(=O)[nH]c1=O)C(=O)C(F)(F)F. The molecule has 0 spiro atoms. The predicted octanol–water partition coefficient (Wildman–Crippen LogP) is -0.935. The van der Waals surface area contributed by atoms with E-state index >= 15 is 0 Å².